The molecule has 3 aromatic rings. The summed E-state index contributed by atoms with van der Waals surface area (Å²) in [4.78, 5) is 25.7. The van der Waals surface area contributed by atoms with E-state index in [-0.39, 0.29) is 17.9 Å². The third kappa shape index (κ3) is 3.71. The SMILES string of the molecule is CNc1cc([C@H](Cc2c[nH]c3ccccc23)NC(=O)C2CCC2)nc(C2CC2)n1. The second-order valence-corrected chi connectivity index (χ2v) is 8.31. The molecule has 2 heterocycles. The molecule has 150 valence electrons. The van der Waals surface area contributed by atoms with Crippen LogP contribution in [-0.4, -0.2) is 27.9 Å². The van der Waals surface area contributed by atoms with E-state index in [9.17, 15) is 4.79 Å². The molecule has 5 rings (SSSR count). The van der Waals surface area contributed by atoms with E-state index in [4.69, 9.17) is 4.98 Å². The van der Waals surface area contributed by atoms with Gasteiger partial charge in [-0.05, 0) is 37.3 Å². The second kappa shape index (κ2) is 7.50. The van der Waals surface area contributed by atoms with Gasteiger partial charge in [0.05, 0.1) is 11.7 Å². The van der Waals surface area contributed by atoms with E-state index in [1.165, 1.54) is 10.9 Å². The van der Waals surface area contributed by atoms with Gasteiger partial charge >= 0.3 is 0 Å². The first kappa shape index (κ1) is 18.2. The molecule has 0 bridgehead atoms. The number of hydrogen-bond acceptors (Lipinski definition) is 4. The zero-order valence-electron chi connectivity index (χ0n) is 16.7. The fraction of sp³-hybridized carbons (Fsp3) is 0.435. The molecule has 0 radical (unpaired) electrons. The Morgan fingerprint density at radius 3 is 2.76 bits per heavy atom. The lowest BCUT2D eigenvalue weighted by Gasteiger charge is -2.27. The van der Waals surface area contributed by atoms with Crippen LogP contribution in [0.2, 0.25) is 0 Å². The zero-order chi connectivity index (χ0) is 19.8. The van der Waals surface area contributed by atoms with Crippen molar-refractivity contribution >= 4 is 22.6 Å². The smallest absolute Gasteiger partial charge is 0.223 e. The molecule has 1 aromatic carbocycles. The maximum absolute atomic E-state index is 12.8. The summed E-state index contributed by atoms with van der Waals surface area (Å²) >= 11 is 0. The molecule has 2 aromatic heterocycles. The van der Waals surface area contributed by atoms with Gasteiger partial charge in [0.15, 0.2) is 0 Å². The van der Waals surface area contributed by atoms with E-state index in [1.54, 1.807) is 0 Å². The predicted molar refractivity (Wildman–Crippen MR) is 114 cm³/mol. The van der Waals surface area contributed by atoms with Crippen molar-refractivity contribution in [2.75, 3.05) is 12.4 Å². The number of carbonyl (C=O) groups is 1. The van der Waals surface area contributed by atoms with Gasteiger partial charge in [0.1, 0.15) is 11.6 Å². The molecule has 0 unspecified atom stereocenters. The fourth-order valence-corrected chi connectivity index (χ4v) is 4.03. The Morgan fingerprint density at radius 2 is 2.03 bits per heavy atom. The lowest BCUT2D eigenvalue weighted by atomic mass is 9.84. The minimum absolute atomic E-state index is 0.147. The van der Waals surface area contributed by atoms with Crippen molar-refractivity contribution in [3.63, 3.8) is 0 Å². The van der Waals surface area contributed by atoms with Crippen LogP contribution in [0, 0.1) is 5.92 Å². The van der Waals surface area contributed by atoms with Crippen molar-refractivity contribution in [1.82, 2.24) is 20.3 Å². The van der Waals surface area contributed by atoms with E-state index in [0.29, 0.717) is 12.3 Å². The molecule has 1 amide bonds. The summed E-state index contributed by atoms with van der Waals surface area (Å²) in [5.74, 6) is 2.47. The number of aromatic amines is 1. The van der Waals surface area contributed by atoms with Gasteiger partial charge in [-0.15, -0.1) is 0 Å². The summed E-state index contributed by atoms with van der Waals surface area (Å²) < 4.78 is 0. The number of H-pyrrole nitrogens is 1. The first-order chi connectivity index (χ1) is 14.2. The van der Waals surface area contributed by atoms with Crippen LogP contribution in [0.25, 0.3) is 10.9 Å². The van der Waals surface area contributed by atoms with Gasteiger partial charge in [-0.25, -0.2) is 9.97 Å². The van der Waals surface area contributed by atoms with Gasteiger partial charge in [0, 0.05) is 48.5 Å². The monoisotopic (exact) mass is 389 g/mol. The molecule has 2 aliphatic rings. The van der Waals surface area contributed by atoms with Crippen LogP contribution in [0.5, 0.6) is 0 Å². The summed E-state index contributed by atoms with van der Waals surface area (Å²) in [7, 11) is 1.88. The Balaban J connectivity index is 1.49. The number of rotatable bonds is 7. The summed E-state index contributed by atoms with van der Waals surface area (Å²) in [5, 5.41) is 7.66. The Hall–Kier alpha value is -2.89. The normalized spacial score (nSPS) is 17.7. The van der Waals surface area contributed by atoms with Gasteiger partial charge in [0.2, 0.25) is 5.91 Å². The number of fused-ring (bicyclic) bond motifs is 1. The van der Waals surface area contributed by atoms with Crippen LogP contribution >= 0.6 is 0 Å². The van der Waals surface area contributed by atoms with Crippen LogP contribution in [-0.2, 0) is 11.2 Å². The fourth-order valence-electron chi connectivity index (χ4n) is 4.03. The standard InChI is InChI=1S/C23H27N5O/c1-24-21-12-20(26-22(28-21)14-9-10-14)19(27-23(29)15-5-4-6-15)11-16-13-25-18-8-3-2-7-17(16)18/h2-3,7-8,12-15,19,25H,4-6,9-11H2,1H3,(H,27,29)(H,24,26,28)/t19-/m0/s1. The Bertz CT molecular complexity index is 1030. The Morgan fingerprint density at radius 1 is 1.21 bits per heavy atom. The molecule has 6 heteroatoms. The van der Waals surface area contributed by atoms with Gasteiger partial charge in [0.25, 0.3) is 0 Å². The quantitative estimate of drug-likeness (QED) is 0.569. The van der Waals surface area contributed by atoms with Crippen LogP contribution in [0.4, 0.5) is 5.82 Å². The number of benzene rings is 1. The number of nitrogens with one attached hydrogen (secondary N) is 3. The molecule has 6 nitrogen and oxygen atoms in total. The van der Waals surface area contributed by atoms with Crippen molar-refractivity contribution < 1.29 is 4.79 Å². The molecule has 0 saturated heterocycles. The first-order valence-corrected chi connectivity index (χ1v) is 10.6. The molecule has 0 aliphatic heterocycles. The van der Waals surface area contributed by atoms with Crippen LogP contribution in [0.3, 0.4) is 0 Å². The predicted octanol–water partition coefficient (Wildman–Crippen LogP) is 4.08. The highest BCUT2D eigenvalue weighted by Crippen LogP contribution is 2.39. The number of aromatic nitrogens is 3. The highest BCUT2D eigenvalue weighted by atomic mass is 16.2. The maximum Gasteiger partial charge on any atom is 0.223 e. The van der Waals surface area contributed by atoms with Gasteiger partial charge in [-0.3, -0.25) is 4.79 Å². The third-order valence-corrected chi connectivity index (χ3v) is 6.21. The second-order valence-electron chi connectivity index (χ2n) is 8.31. The number of anilines is 1. The number of nitrogens with zero attached hydrogens (tertiary/aromatic N) is 2. The van der Waals surface area contributed by atoms with Crippen molar-refractivity contribution in [2.24, 2.45) is 5.92 Å². The highest BCUT2D eigenvalue weighted by Gasteiger charge is 2.31. The minimum Gasteiger partial charge on any atom is -0.373 e. The maximum atomic E-state index is 12.8. The number of hydrogen-bond donors (Lipinski definition) is 3. The molecule has 2 saturated carbocycles. The molecule has 0 spiro atoms. The van der Waals surface area contributed by atoms with E-state index < -0.39 is 0 Å². The van der Waals surface area contributed by atoms with E-state index >= 15 is 0 Å². The zero-order valence-corrected chi connectivity index (χ0v) is 16.7. The van der Waals surface area contributed by atoms with Crippen molar-refractivity contribution in [2.45, 2.75) is 50.5 Å². The summed E-state index contributed by atoms with van der Waals surface area (Å²) in [6, 6.07) is 10.1. The van der Waals surface area contributed by atoms with E-state index in [2.05, 4.69) is 45.0 Å². The molecular formula is C23H27N5O. The molecular weight excluding hydrogens is 362 g/mol. The highest BCUT2D eigenvalue weighted by molar-refractivity contribution is 5.83. The van der Waals surface area contributed by atoms with Crippen molar-refractivity contribution in [3.05, 3.63) is 53.6 Å². The number of amides is 1. The Kier molecular flexibility index (Phi) is 4.70. The van der Waals surface area contributed by atoms with E-state index in [0.717, 1.165) is 55.0 Å². The van der Waals surface area contributed by atoms with Crippen LogP contribution < -0.4 is 10.6 Å². The molecule has 2 aliphatic carbocycles. The third-order valence-electron chi connectivity index (χ3n) is 6.21. The topological polar surface area (TPSA) is 82.7 Å². The Labute approximate surface area is 170 Å². The molecule has 29 heavy (non-hydrogen) atoms. The van der Waals surface area contributed by atoms with Crippen LogP contribution in [0.15, 0.2) is 36.5 Å². The van der Waals surface area contributed by atoms with Crippen molar-refractivity contribution in [1.29, 1.82) is 0 Å². The van der Waals surface area contributed by atoms with Crippen LogP contribution in [0.1, 0.15) is 61.1 Å². The molecule has 1 atom stereocenters. The van der Waals surface area contributed by atoms with Crippen molar-refractivity contribution in [3.8, 4) is 0 Å². The minimum atomic E-state index is -0.171. The first-order valence-electron chi connectivity index (χ1n) is 10.6. The van der Waals surface area contributed by atoms with E-state index in [1.807, 2.05) is 19.2 Å². The lowest BCUT2D eigenvalue weighted by Crippen LogP contribution is -2.38. The molecule has 3 N–H and O–H groups in total. The largest absolute Gasteiger partial charge is 0.373 e. The number of para-hydroxylation sites is 1. The van der Waals surface area contributed by atoms with Gasteiger partial charge in [-0.2, -0.15) is 0 Å². The summed E-state index contributed by atoms with van der Waals surface area (Å²) in [6.45, 7) is 0. The lowest BCUT2D eigenvalue weighted by molar-refractivity contribution is -0.128. The summed E-state index contributed by atoms with van der Waals surface area (Å²) in [5.41, 5.74) is 3.20. The number of carbonyl (C=O) groups excluding carboxylic acids is 1. The molecule has 2 fully saturated rings. The average molecular weight is 390 g/mol. The van der Waals surface area contributed by atoms with Gasteiger partial charge < -0.3 is 15.6 Å². The summed E-state index contributed by atoms with van der Waals surface area (Å²) in [6.07, 6.45) is 8.17. The average Bonchev–Trinajstić information content (AvgIpc) is 3.47. The van der Waals surface area contributed by atoms with Gasteiger partial charge in [-0.1, -0.05) is 24.6 Å².